The van der Waals surface area contributed by atoms with Gasteiger partial charge in [0, 0.05) is 37.3 Å². The first kappa shape index (κ1) is 23.8. The third-order valence-corrected chi connectivity index (χ3v) is 5.76. The van der Waals surface area contributed by atoms with Crippen LogP contribution in [-0.2, 0) is 4.74 Å². The van der Waals surface area contributed by atoms with Crippen molar-refractivity contribution in [2.24, 2.45) is 0 Å². The maximum atomic E-state index is 12.8. The van der Waals surface area contributed by atoms with Crippen LogP contribution in [0.2, 0.25) is 0 Å². The molecule has 2 amide bonds. The second-order valence-electron chi connectivity index (χ2n) is 7.89. The summed E-state index contributed by atoms with van der Waals surface area (Å²) in [5, 5.41) is 13.1. The van der Waals surface area contributed by atoms with Crippen LogP contribution in [0.5, 0.6) is 5.75 Å². The fourth-order valence-corrected chi connectivity index (χ4v) is 3.99. The van der Waals surface area contributed by atoms with Crippen molar-refractivity contribution in [1.29, 1.82) is 0 Å². The Morgan fingerprint density at radius 1 is 1.03 bits per heavy atom. The second kappa shape index (κ2) is 10.3. The van der Waals surface area contributed by atoms with Gasteiger partial charge in [-0.3, -0.25) is 4.79 Å². The van der Waals surface area contributed by atoms with Gasteiger partial charge in [0.05, 0.1) is 30.4 Å². The topological polar surface area (TPSA) is 121 Å². The molecule has 10 nitrogen and oxygen atoms in total. The number of fused-ring (bicyclic) bond motifs is 1. The van der Waals surface area contributed by atoms with Gasteiger partial charge in [-0.1, -0.05) is 12.1 Å². The van der Waals surface area contributed by atoms with Gasteiger partial charge in [-0.15, -0.1) is 0 Å². The lowest BCUT2D eigenvalue weighted by atomic mass is 10.1. The summed E-state index contributed by atoms with van der Waals surface area (Å²) in [6.07, 6.45) is -0.354. The number of piperazine rings is 1. The van der Waals surface area contributed by atoms with E-state index in [0.717, 1.165) is 0 Å². The van der Waals surface area contributed by atoms with Gasteiger partial charge in [-0.25, -0.2) is 14.6 Å². The van der Waals surface area contributed by atoms with E-state index >= 15 is 0 Å². The molecule has 10 heteroatoms. The predicted octanol–water partition coefficient (Wildman–Crippen LogP) is 3.47. The van der Waals surface area contributed by atoms with E-state index in [-0.39, 0.29) is 17.6 Å². The smallest absolute Gasteiger partial charge is 0.409 e. The molecule has 35 heavy (non-hydrogen) atoms. The van der Waals surface area contributed by atoms with E-state index in [0.29, 0.717) is 66.5 Å². The zero-order valence-corrected chi connectivity index (χ0v) is 19.5. The summed E-state index contributed by atoms with van der Waals surface area (Å²) in [7, 11) is 1.49. The van der Waals surface area contributed by atoms with Crippen molar-refractivity contribution >= 4 is 40.4 Å². The number of ether oxygens (including phenoxy) is 2. The van der Waals surface area contributed by atoms with Gasteiger partial charge < -0.3 is 29.7 Å². The minimum absolute atomic E-state index is 0.0752. The van der Waals surface area contributed by atoms with Crippen LogP contribution >= 0.6 is 0 Å². The number of aromatic carboxylic acids is 1. The molecule has 1 aliphatic heterocycles. The van der Waals surface area contributed by atoms with Gasteiger partial charge in [-0.05, 0) is 43.3 Å². The molecule has 0 radical (unpaired) electrons. The van der Waals surface area contributed by atoms with E-state index in [1.807, 2.05) is 4.90 Å². The third-order valence-electron chi connectivity index (χ3n) is 5.76. The molecule has 2 aromatic carbocycles. The first-order chi connectivity index (χ1) is 16.9. The lowest BCUT2D eigenvalue weighted by molar-refractivity contribution is 0.0698. The maximum absolute atomic E-state index is 12.8. The molecular formula is C25H26N4O6. The zero-order valence-electron chi connectivity index (χ0n) is 19.5. The highest BCUT2D eigenvalue weighted by atomic mass is 16.6. The number of nitrogens with zero attached hydrogens (tertiary/aromatic N) is 3. The van der Waals surface area contributed by atoms with Crippen LogP contribution in [0, 0.1) is 0 Å². The molecule has 2 N–H and O–H groups in total. The molecule has 0 saturated carbocycles. The van der Waals surface area contributed by atoms with Crippen LogP contribution in [0.4, 0.5) is 16.3 Å². The number of methoxy groups -OCH3 is 1. The van der Waals surface area contributed by atoms with E-state index < -0.39 is 5.97 Å². The van der Waals surface area contributed by atoms with Gasteiger partial charge in [0.15, 0.2) is 0 Å². The lowest BCUT2D eigenvalue weighted by Crippen LogP contribution is -2.49. The number of amides is 2. The molecule has 0 unspecified atom stereocenters. The number of pyridine rings is 1. The van der Waals surface area contributed by atoms with Crippen LogP contribution in [-0.4, -0.2) is 72.9 Å². The number of carbonyl (C=O) groups excluding carboxylic acids is 2. The number of nitrogens with one attached hydrogen (secondary N) is 1. The van der Waals surface area contributed by atoms with Gasteiger partial charge in [0.1, 0.15) is 11.6 Å². The van der Waals surface area contributed by atoms with Gasteiger partial charge in [0.25, 0.3) is 5.91 Å². The highest BCUT2D eigenvalue weighted by Gasteiger charge is 2.24. The van der Waals surface area contributed by atoms with Gasteiger partial charge in [-0.2, -0.15) is 0 Å². The summed E-state index contributed by atoms with van der Waals surface area (Å²) >= 11 is 0. The largest absolute Gasteiger partial charge is 0.496 e. The maximum Gasteiger partial charge on any atom is 0.409 e. The average Bonchev–Trinajstić information content (AvgIpc) is 2.88. The molecule has 1 fully saturated rings. The average molecular weight is 479 g/mol. The number of para-hydroxylation sites is 1. The number of carbonyl (C=O) groups is 3. The minimum atomic E-state index is -1.10. The van der Waals surface area contributed by atoms with Crippen molar-refractivity contribution in [3.8, 4) is 5.75 Å². The number of hydrogen-bond donors (Lipinski definition) is 2. The summed E-state index contributed by atoms with van der Waals surface area (Å²) < 4.78 is 10.3. The summed E-state index contributed by atoms with van der Waals surface area (Å²) in [6, 6.07) is 13.3. The molecular weight excluding hydrogens is 452 g/mol. The Balaban J connectivity index is 1.58. The second-order valence-corrected chi connectivity index (χ2v) is 7.89. The standard InChI is InChI=1S/C25H26N4O6/c1-3-35-25(33)29-12-10-28(11-13-29)22-15-19(24(31)32)18-14-16(8-9-20(18)27-22)26-23(30)17-6-4-5-7-21(17)34-2/h4-9,14-15H,3,10-13H2,1-2H3,(H,26,30)(H,31,32). The van der Waals surface area contributed by atoms with Crippen LogP contribution < -0.4 is 15.0 Å². The third kappa shape index (κ3) is 5.11. The quantitative estimate of drug-likeness (QED) is 0.552. The molecule has 0 spiro atoms. The molecule has 4 rings (SSSR count). The zero-order chi connectivity index (χ0) is 24.9. The summed E-state index contributed by atoms with van der Waals surface area (Å²) in [5.41, 5.74) is 1.37. The fourth-order valence-electron chi connectivity index (χ4n) is 3.99. The monoisotopic (exact) mass is 478 g/mol. The Morgan fingerprint density at radius 2 is 1.77 bits per heavy atom. The summed E-state index contributed by atoms with van der Waals surface area (Å²) in [6.45, 7) is 3.99. The molecule has 1 aromatic heterocycles. The predicted molar refractivity (Wildman–Crippen MR) is 130 cm³/mol. The molecule has 1 saturated heterocycles. The van der Waals surface area contributed by atoms with Crippen molar-refractivity contribution in [2.75, 3.05) is 50.1 Å². The number of aromatic nitrogens is 1. The SMILES string of the molecule is CCOC(=O)N1CCN(c2cc(C(=O)O)c3cc(NC(=O)c4ccccc4OC)ccc3n2)CC1. The number of carboxylic acid groups (broad SMARTS) is 1. The van der Waals surface area contributed by atoms with E-state index in [4.69, 9.17) is 9.47 Å². The Morgan fingerprint density at radius 3 is 2.46 bits per heavy atom. The molecule has 1 aliphatic rings. The molecule has 182 valence electrons. The van der Waals surface area contributed by atoms with Gasteiger partial charge >= 0.3 is 12.1 Å². The Hall–Kier alpha value is -4.34. The number of carboxylic acids is 1. The van der Waals surface area contributed by atoms with Crippen LogP contribution in [0.3, 0.4) is 0 Å². The first-order valence-corrected chi connectivity index (χ1v) is 11.2. The van der Waals surface area contributed by atoms with Gasteiger partial charge in [0.2, 0.25) is 0 Å². The summed E-state index contributed by atoms with van der Waals surface area (Å²) in [5.74, 6) is -0.518. The lowest BCUT2D eigenvalue weighted by Gasteiger charge is -2.35. The van der Waals surface area contributed by atoms with Crippen LogP contribution in [0.25, 0.3) is 10.9 Å². The van der Waals surface area contributed by atoms with Crippen molar-refractivity contribution < 1.29 is 29.0 Å². The molecule has 0 bridgehead atoms. The Labute approximate surface area is 202 Å². The minimum Gasteiger partial charge on any atom is -0.496 e. The highest BCUT2D eigenvalue weighted by Crippen LogP contribution is 2.27. The van der Waals surface area contributed by atoms with E-state index in [2.05, 4.69) is 10.3 Å². The molecule has 3 aromatic rings. The van der Waals surface area contributed by atoms with E-state index in [1.165, 1.54) is 13.2 Å². The van der Waals surface area contributed by atoms with Crippen molar-refractivity contribution in [3.05, 3.63) is 59.7 Å². The number of hydrogen-bond acceptors (Lipinski definition) is 7. The normalized spacial score (nSPS) is 13.4. The van der Waals surface area contributed by atoms with Crippen LogP contribution in [0.1, 0.15) is 27.6 Å². The van der Waals surface area contributed by atoms with Crippen molar-refractivity contribution in [3.63, 3.8) is 0 Å². The summed E-state index contributed by atoms with van der Waals surface area (Å²) in [4.78, 5) is 45.0. The van der Waals surface area contributed by atoms with Crippen LogP contribution in [0.15, 0.2) is 48.5 Å². The van der Waals surface area contributed by atoms with Crippen molar-refractivity contribution in [2.45, 2.75) is 6.92 Å². The molecule has 2 heterocycles. The number of rotatable bonds is 6. The molecule has 0 aliphatic carbocycles. The van der Waals surface area contributed by atoms with E-state index in [9.17, 15) is 19.5 Å². The number of anilines is 2. The fraction of sp³-hybridized carbons (Fsp3) is 0.280. The highest BCUT2D eigenvalue weighted by molar-refractivity contribution is 6.09. The first-order valence-electron chi connectivity index (χ1n) is 11.2. The van der Waals surface area contributed by atoms with Crippen molar-refractivity contribution in [1.82, 2.24) is 9.88 Å². The molecule has 0 atom stereocenters. The Kier molecular flexibility index (Phi) is 7.00. The number of benzene rings is 2. The Bertz CT molecular complexity index is 1270. The van der Waals surface area contributed by atoms with E-state index in [1.54, 1.807) is 54.3 Å².